The molecule has 0 saturated heterocycles. The third-order valence-electron chi connectivity index (χ3n) is 7.90. The third kappa shape index (κ3) is 6.27. The summed E-state index contributed by atoms with van der Waals surface area (Å²) in [5.41, 5.74) is 14.1. The Kier molecular flexibility index (Phi) is 10.4. The van der Waals surface area contributed by atoms with Crippen LogP contribution >= 0.6 is 10.1 Å². The Morgan fingerprint density at radius 1 is 0.474 bits per heavy atom. The summed E-state index contributed by atoms with van der Waals surface area (Å²) in [4.78, 5) is 0. The van der Waals surface area contributed by atoms with Gasteiger partial charge in [-0.1, -0.05) is 0 Å². The van der Waals surface area contributed by atoms with Crippen LogP contribution in [0.4, 0.5) is 0 Å². The van der Waals surface area contributed by atoms with Crippen molar-refractivity contribution in [2.45, 2.75) is 119 Å². The second-order valence-electron chi connectivity index (χ2n) is 12.8. The van der Waals surface area contributed by atoms with Crippen LogP contribution in [0.3, 0.4) is 0 Å². The van der Waals surface area contributed by atoms with Gasteiger partial charge in [0.2, 0.25) is 0 Å². The normalized spacial score (nSPS) is 12.3. The van der Waals surface area contributed by atoms with Crippen LogP contribution in [0, 0.1) is 0 Å². The van der Waals surface area contributed by atoms with Gasteiger partial charge in [-0.2, -0.15) is 0 Å². The molecule has 0 unspecified atom stereocenters. The molecule has 3 aromatic carbocycles. The summed E-state index contributed by atoms with van der Waals surface area (Å²) >= 11 is -0.176. The molecule has 0 nitrogen and oxygen atoms in total. The summed E-state index contributed by atoms with van der Waals surface area (Å²) in [6.07, 6.45) is 0. The van der Waals surface area contributed by atoms with E-state index < -0.39 is 0 Å². The Bertz CT molecular complexity index is 1110. The molecule has 0 aliphatic rings. The summed E-state index contributed by atoms with van der Waals surface area (Å²) in [7, 11) is 6.99. The summed E-state index contributed by atoms with van der Waals surface area (Å²) < 4.78 is 1.32. The van der Waals surface area contributed by atoms with Gasteiger partial charge in [0.1, 0.15) is 0 Å². The van der Waals surface area contributed by atoms with Gasteiger partial charge >= 0.3 is 245 Å². The second-order valence-corrected chi connectivity index (χ2v) is 14.8. The fraction of sp³-hybridized carbons (Fsp3) is 0.500. The number of halogens is 1. The Morgan fingerprint density at radius 2 is 0.763 bits per heavy atom. The minimum atomic E-state index is -0.176. The predicted octanol–water partition coefficient (Wildman–Crippen LogP) is 11.2. The molecule has 0 radical (unpaired) electrons. The van der Waals surface area contributed by atoms with Crippen molar-refractivity contribution >= 4 is 28.6 Å². The van der Waals surface area contributed by atoms with Crippen LogP contribution in [0.1, 0.15) is 152 Å². The Balaban J connectivity index is 2.49. The SMILES string of the molecule is CC(C)c1cc(C(C)C)c(-c2cccc(-c3c(C(C)C)cc(C(C)C)cc3C(C)C)c2[Se]Cl)c(C(C)C)c1. The van der Waals surface area contributed by atoms with E-state index in [0.29, 0.717) is 35.5 Å². The molecule has 38 heavy (non-hydrogen) atoms. The van der Waals surface area contributed by atoms with Gasteiger partial charge in [0.15, 0.2) is 0 Å². The standard InChI is InChI=1S/C36H49ClSe/c1-20(2)26-16-30(22(5)6)34(31(17-26)23(7)8)28-14-13-15-29(36(28)38-37)35-32(24(9)10)18-27(21(3)4)19-33(35)25(11)12/h13-25H,1-12H3. The molecule has 2 heteroatoms. The molecule has 0 N–H and O–H groups in total. The van der Waals surface area contributed by atoms with Crippen LogP contribution in [-0.4, -0.2) is 14.0 Å². The van der Waals surface area contributed by atoms with E-state index in [2.05, 4.69) is 126 Å². The number of benzene rings is 3. The summed E-state index contributed by atoms with van der Waals surface area (Å²) in [5, 5.41) is 0. The number of rotatable bonds is 9. The van der Waals surface area contributed by atoms with E-state index in [4.69, 9.17) is 10.1 Å². The first-order valence-electron chi connectivity index (χ1n) is 14.6. The van der Waals surface area contributed by atoms with Crippen molar-refractivity contribution in [2.75, 3.05) is 0 Å². The van der Waals surface area contributed by atoms with Crippen LogP contribution in [0.15, 0.2) is 42.5 Å². The monoisotopic (exact) mass is 596 g/mol. The third-order valence-corrected chi connectivity index (χ3v) is 9.94. The average Bonchev–Trinajstić information content (AvgIpc) is 2.86. The first-order valence-corrected chi connectivity index (χ1v) is 17.7. The molecular formula is C36H49ClSe. The second kappa shape index (κ2) is 12.8. The molecule has 0 aliphatic carbocycles. The van der Waals surface area contributed by atoms with Gasteiger partial charge in [0.25, 0.3) is 0 Å². The van der Waals surface area contributed by atoms with Crippen LogP contribution in [0.2, 0.25) is 0 Å². The zero-order valence-electron chi connectivity index (χ0n) is 25.8. The quantitative estimate of drug-likeness (QED) is 0.216. The maximum atomic E-state index is 6.99. The molecule has 3 aromatic rings. The molecule has 0 amide bonds. The van der Waals surface area contributed by atoms with E-state index in [0.717, 1.165) is 0 Å². The molecule has 0 saturated carbocycles. The fourth-order valence-corrected chi connectivity index (χ4v) is 7.47. The van der Waals surface area contributed by atoms with Gasteiger partial charge in [-0.15, -0.1) is 0 Å². The van der Waals surface area contributed by atoms with Crippen molar-refractivity contribution in [3.63, 3.8) is 0 Å². The van der Waals surface area contributed by atoms with Crippen LogP contribution in [0.5, 0.6) is 0 Å². The van der Waals surface area contributed by atoms with E-state index in [-0.39, 0.29) is 14.0 Å². The summed E-state index contributed by atoms with van der Waals surface area (Å²) in [5.74, 6) is 2.74. The van der Waals surface area contributed by atoms with Crippen molar-refractivity contribution in [1.29, 1.82) is 0 Å². The van der Waals surface area contributed by atoms with Crippen molar-refractivity contribution in [3.05, 3.63) is 75.8 Å². The van der Waals surface area contributed by atoms with Gasteiger partial charge in [-0.3, -0.25) is 0 Å². The van der Waals surface area contributed by atoms with Crippen LogP contribution in [0.25, 0.3) is 22.3 Å². The molecule has 0 spiro atoms. The molecule has 206 valence electrons. The van der Waals surface area contributed by atoms with E-state index in [9.17, 15) is 0 Å². The van der Waals surface area contributed by atoms with Crippen molar-refractivity contribution in [1.82, 2.24) is 0 Å². The molecule has 0 bridgehead atoms. The molecule has 0 aromatic heterocycles. The molecule has 0 aliphatic heterocycles. The Hall–Kier alpha value is -1.53. The molecule has 0 atom stereocenters. The number of hydrogen-bond acceptors (Lipinski definition) is 0. The molecule has 3 rings (SSSR count). The van der Waals surface area contributed by atoms with Gasteiger partial charge < -0.3 is 0 Å². The predicted molar refractivity (Wildman–Crippen MR) is 173 cm³/mol. The first-order chi connectivity index (χ1) is 17.8. The topological polar surface area (TPSA) is 0 Å². The molecule has 0 fully saturated rings. The van der Waals surface area contributed by atoms with Crippen molar-refractivity contribution < 1.29 is 0 Å². The Labute approximate surface area is 244 Å². The van der Waals surface area contributed by atoms with Crippen LogP contribution in [-0.2, 0) is 0 Å². The van der Waals surface area contributed by atoms with Gasteiger partial charge in [-0.05, 0) is 0 Å². The zero-order chi connectivity index (χ0) is 28.5. The van der Waals surface area contributed by atoms with Gasteiger partial charge in [-0.25, -0.2) is 0 Å². The van der Waals surface area contributed by atoms with E-state index in [1.54, 1.807) is 0 Å². The van der Waals surface area contributed by atoms with Crippen LogP contribution < -0.4 is 4.46 Å². The molecule has 0 heterocycles. The zero-order valence-corrected chi connectivity index (χ0v) is 28.3. The van der Waals surface area contributed by atoms with Crippen molar-refractivity contribution in [2.24, 2.45) is 0 Å². The maximum absolute atomic E-state index is 6.99. The van der Waals surface area contributed by atoms with E-state index in [1.165, 1.54) is 60.1 Å². The summed E-state index contributed by atoms with van der Waals surface area (Å²) in [6, 6.07) is 16.8. The minimum absolute atomic E-state index is 0.176. The molecular weight excluding hydrogens is 547 g/mol. The van der Waals surface area contributed by atoms with E-state index >= 15 is 0 Å². The number of hydrogen-bond donors (Lipinski definition) is 0. The Morgan fingerprint density at radius 3 is 0.974 bits per heavy atom. The summed E-state index contributed by atoms with van der Waals surface area (Å²) in [6.45, 7) is 27.9. The first kappa shape index (κ1) is 31.0. The van der Waals surface area contributed by atoms with E-state index in [1.807, 2.05) is 0 Å². The fourth-order valence-electron chi connectivity index (χ4n) is 5.55. The van der Waals surface area contributed by atoms with Gasteiger partial charge in [0.05, 0.1) is 0 Å². The average molecular weight is 596 g/mol. The van der Waals surface area contributed by atoms with Crippen molar-refractivity contribution in [3.8, 4) is 22.3 Å². The van der Waals surface area contributed by atoms with Gasteiger partial charge in [0, 0.05) is 0 Å².